The fourth-order valence-electron chi connectivity index (χ4n) is 2.96. The van der Waals surface area contributed by atoms with Crippen molar-refractivity contribution in [1.82, 2.24) is 10.2 Å². The number of carbonyl (C=O) groups is 2. The van der Waals surface area contributed by atoms with E-state index < -0.39 is 6.04 Å². The van der Waals surface area contributed by atoms with Gasteiger partial charge in [-0.3, -0.25) is 9.59 Å². The van der Waals surface area contributed by atoms with Gasteiger partial charge in [-0.15, -0.1) is 0 Å². The monoisotopic (exact) mass is 272 g/mol. The molecular formula is C16H20N2O2. The summed E-state index contributed by atoms with van der Waals surface area (Å²) in [5.74, 6) is 0.0114. The lowest BCUT2D eigenvalue weighted by molar-refractivity contribution is -0.145. The van der Waals surface area contributed by atoms with E-state index in [-0.39, 0.29) is 29.8 Å². The van der Waals surface area contributed by atoms with E-state index in [9.17, 15) is 9.59 Å². The van der Waals surface area contributed by atoms with Crippen LogP contribution < -0.4 is 5.32 Å². The number of amides is 2. The second kappa shape index (κ2) is 4.62. The van der Waals surface area contributed by atoms with E-state index in [0.717, 1.165) is 12.0 Å². The number of nitrogens with zero attached hydrogens (tertiary/aromatic N) is 1. The Balaban J connectivity index is 1.74. The van der Waals surface area contributed by atoms with Gasteiger partial charge in [0.1, 0.15) is 6.04 Å². The van der Waals surface area contributed by atoms with Gasteiger partial charge in [-0.2, -0.15) is 0 Å². The lowest BCUT2D eigenvalue weighted by Gasteiger charge is -2.33. The Kier molecular flexibility index (Phi) is 3.04. The Labute approximate surface area is 119 Å². The number of hydrogen-bond acceptors (Lipinski definition) is 2. The van der Waals surface area contributed by atoms with E-state index in [4.69, 9.17) is 0 Å². The minimum absolute atomic E-state index is 0.0479. The standard InChI is InChI=1S/C16H20N2O2/c1-16(2)9-13(16)18-10-14(19)17-12(15(18)20)8-11-6-4-3-5-7-11/h3-7,12-13H,8-10H2,1-2H3,(H,17,19). The molecule has 1 saturated heterocycles. The largest absolute Gasteiger partial charge is 0.342 e. The predicted molar refractivity (Wildman–Crippen MR) is 76.0 cm³/mol. The Morgan fingerprint density at radius 1 is 1.25 bits per heavy atom. The van der Waals surface area contributed by atoms with Gasteiger partial charge in [0.2, 0.25) is 11.8 Å². The van der Waals surface area contributed by atoms with E-state index in [1.54, 1.807) is 4.90 Å². The van der Waals surface area contributed by atoms with E-state index in [0.29, 0.717) is 6.42 Å². The van der Waals surface area contributed by atoms with Crippen molar-refractivity contribution in [3.63, 3.8) is 0 Å². The molecule has 4 heteroatoms. The van der Waals surface area contributed by atoms with E-state index in [1.165, 1.54) is 0 Å². The van der Waals surface area contributed by atoms with Gasteiger partial charge in [-0.1, -0.05) is 44.2 Å². The van der Waals surface area contributed by atoms with Crippen LogP contribution in [0.5, 0.6) is 0 Å². The number of nitrogens with one attached hydrogen (secondary N) is 1. The molecule has 20 heavy (non-hydrogen) atoms. The molecule has 3 rings (SSSR count). The molecule has 0 bridgehead atoms. The van der Waals surface area contributed by atoms with Crippen LogP contribution in [0.15, 0.2) is 30.3 Å². The third-order valence-corrected chi connectivity index (χ3v) is 4.35. The van der Waals surface area contributed by atoms with Crippen molar-refractivity contribution in [2.45, 2.75) is 38.8 Å². The molecule has 1 aliphatic carbocycles. The molecule has 2 atom stereocenters. The molecule has 4 nitrogen and oxygen atoms in total. The first kappa shape index (κ1) is 13.2. The molecule has 1 N–H and O–H groups in total. The maximum Gasteiger partial charge on any atom is 0.246 e. The molecule has 106 valence electrons. The number of piperazine rings is 1. The minimum atomic E-state index is -0.421. The Hall–Kier alpha value is -1.84. The molecule has 0 aromatic heterocycles. The van der Waals surface area contributed by atoms with Crippen molar-refractivity contribution in [3.05, 3.63) is 35.9 Å². The molecule has 2 amide bonds. The van der Waals surface area contributed by atoms with Crippen LogP contribution in [0.1, 0.15) is 25.8 Å². The summed E-state index contributed by atoms with van der Waals surface area (Å²) in [7, 11) is 0. The number of carbonyl (C=O) groups excluding carboxylic acids is 2. The van der Waals surface area contributed by atoms with Crippen LogP contribution in [0, 0.1) is 5.41 Å². The van der Waals surface area contributed by atoms with Gasteiger partial charge in [0.15, 0.2) is 0 Å². The summed E-state index contributed by atoms with van der Waals surface area (Å²) < 4.78 is 0. The topological polar surface area (TPSA) is 49.4 Å². The fraction of sp³-hybridized carbons (Fsp3) is 0.500. The highest BCUT2D eigenvalue weighted by molar-refractivity contribution is 5.95. The Bertz CT molecular complexity index is 539. The van der Waals surface area contributed by atoms with Gasteiger partial charge in [-0.05, 0) is 17.4 Å². The maximum atomic E-state index is 12.6. The average Bonchev–Trinajstić information content (AvgIpc) is 3.03. The Morgan fingerprint density at radius 3 is 2.50 bits per heavy atom. The number of hydrogen-bond donors (Lipinski definition) is 1. The number of rotatable bonds is 3. The zero-order chi connectivity index (χ0) is 14.3. The first-order valence-electron chi connectivity index (χ1n) is 7.11. The minimum Gasteiger partial charge on any atom is -0.342 e. The summed E-state index contributed by atoms with van der Waals surface area (Å²) in [6.45, 7) is 4.49. The highest BCUT2D eigenvalue weighted by Crippen LogP contribution is 2.48. The van der Waals surface area contributed by atoms with Crippen LogP contribution >= 0.6 is 0 Å². The molecule has 2 unspecified atom stereocenters. The Morgan fingerprint density at radius 2 is 1.90 bits per heavy atom. The van der Waals surface area contributed by atoms with E-state index in [2.05, 4.69) is 19.2 Å². The van der Waals surface area contributed by atoms with Crippen LogP contribution in [0.25, 0.3) is 0 Å². The van der Waals surface area contributed by atoms with Gasteiger partial charge >= 0.3 is 0 Å². The van der Waals surface area contributed by atoms with Gasteiger partial charge in [0.05, 0.1) is 6.54 Å². The second-order valence-corrected chi connectivity index (χ2v) is 6.48. The highest BCUT2D eigenvalue weighted by Gasteiger charge is 2.53. The zero-order valence-electron chi connectivity index (χ0n) is 11.9. The first-order valence-corrected chi connectivity index (χ1v) is 7.11. The molecule has 1 aromatic carbocycles. The van der Waals surface area contributed by atoms with Crippen LogP contribution in [0.3, 0.4) is 0 Å². The third-order valence-electron chi connectivity index (χ3n) is 4.35. The van der Waals surface area contributed by atoms with Gasteiger partial charge < -0.3 is 10.2 Å². The van der Waals surface area contributed by atoms with Gasteiger partial charge in [-0.25, -0.2) is 0 Å². The predicted octanol–water partition coefficient (Wildman–Crippen LogP) is 1.35. The molecular weight excluding hydrogens is 252 g/mol. The molecule has 0 radical (unpaired) electrons. The van der Waals surface area contributed by atoms with Crippen LogP contribution in [0.4, 0.5) is 0 Å². The van der Waals surface area contributed by atoms with Crippen molar-refractivity contribution in [1.29, 1.82) is 0 Å². The van der Waals surface area contributed by atoms with Crippen molar-refractivity contribution in [3.8, 4) is 0 Å². The SMILES string of the molecule is CC1(C)CC1N1CC(=O)NC(Cc2ccccc2)C1=O. The molecule has 1 heterocycles. The van der Waals surface area contributed by atoms with Crippen molar-refractivity contribution in [2.75, 3.05) is 6.54 Å². The smallest absolute Gasteiger partial charge is 0.246 e. The first-order chi connectivity index (χ1) is 9.47. The summed E-state index contributed by atoms with van der Waals surface area (Å²) >= 11 is 0. The van der Waals surface area contributed by atoms with E-state index >= 15 is 0 Å². The molecule has 2 fully saturated rings. The quantitative estimate of drug-likeness (QED) is 0.903. The van der Waals surface area contributed by atoms with Crippen molar-refractivity contribution >= 4 is 11.8 Å². The summed E-state index contributed by atoms with van der Waals surface area (Å²) in [4.78, 5) is 26.2. The molecule has 1 aliphatic heterocycles. The lowest BCUT2D eigenvalue weighted by Crippen LogP contribution is -2.59. The molecule has 1 saturated carbocycles. The molecule has 2 aliphatic rings. The van der Waals surface area contributed by atoms with Crippen molar-refractivity contribution in [2.24, 2.45) is 5.41 Å². The fourth-order valence-corrected chi connectivity index (χ4v) is 2.96. The average molecular weight is 272 g/mol. The summed E-state index contributed by atoms with van der Waals surface area (Å²) in [6.07, 6.45) is 1.55. The highest BCUT2D eigenvalue weighted by atomic mass is 16.2. The zero-order valence-corrected chi connectivity index (χ0v) is 11.9. The summed E-state index contributed by atoms with van der Waals surface area (Å²) in [5.41, 5.74) is 1.23. The van der Waals surface area contributed by atoms with Crippen LogP contribution in [0.2, 0.25) is 0 Å². The van der Waals surface area contributed by atoms with Gasteiger partial charge in [0.25, 0.3) is 0 Å². The summed E-state index contributed by atoms with van der Waals surface area (Å²) in [5, 5.41) is 2.82. The molecule has 0 spiro atoms. The normalized spacial score (nSPS) is 28.2. The molecule has 1 aromatic rings. The van der Waals surface area contributed by atoms with E-state index in [1.807, 2.05) is 30.3 Å². The lowest BCUT2D eigenvalue weighted by atomic mass is 10.0. The summed E-state index contributed by atoms with van der Waals surface area (Å²) in [6, 6.07) is 9.62. The third kappa shape index (κ3) is 2.42. The van der Waals surface area contributed by atoms with Crippen molar-refractivity contribution < 1.29 is 9.59 Å². The van der Waals surface area contributed by atoms with Crippen LogP contribution in [-0.2, 0) is 16.0 Å². The van der Waals surface area contributed by atoms with Crippen LogP contribution in [-0.4, -0.2) is 35.3 Å². The number of benzene rings is 1. The second-order valence-electron chi connectivity index (χ2n) is 6.48. The maximum absolute atomic E-state index is 12.6. The van der Waals surface area contributed by atoms with Gasteiger partial charge in [0, 0.05) is 12.5 Å².